The predicted molar refractivity (Wildman–Crippen MR) is 96.7 cm³/mol. The van der Waals surface area contributed by atoms with Crippen LogP contribution >= 0.6 is 0 Å². The third-order valence-electron chi connectivity index (χ3n) is 4.20. The molecule has 0 spiro atoms. The maximum absolute atomic E-state index is 12.4. The summed E-state index contributed by atoms with van der Waals surface area (Å²) in [4.78, 5) is 19.7. The maximum atomic E-state index is 12.4. The summed E-state index contributed by atoms with van der Waals surface area (Å²) in [6.45, 7) is 2.00. The summed E-state index contributed by atoms with van der Waals surface area (Å²) in [5.41, 5.74) is 4.76. The molecule has 0 saturated carbocycles. The Balaban J connectivity index is 1.49. The van der Waals surface area contributed by atoms with Crippen molar-refractivity contribution >= 4 is 22.5 Å². The van der Waals surface area contributed by atoms with Crippen LogP contribution in [0.2, 0.25) is 0 Å². The Morgan fingerprint density at radius 1 is 1.16 bits per heavy atom. The van der Waals surface area contributed by atoms with Crippen LogP contribution in [-0.2, 0) is 11.2 Å². The molecule has 2 N–H and O–H groups in total. The third kappa shape index (κ3) is 3.01. The van der Waals surface area contributed by atoms with Gasteiger partial charge in [0.25, 0.3) is 0 Å². The lowest BCUT2D eigenvalue weighted by Gasteiger charge is -2.07. The molecule has 0 bridgehead atoms. The van der Waals surface area contributed by atoms with E-state index >= 15 is 0 Å². The van der Waals surface area contributed by atoms with Crippen molar-refractivity contribution in [3.63, 3.8) is 0 Å². The number of aromatic amines is 1. The second-order valence-electron chi connectivity index (χ2n) is 5.89. The molecule has 124 valence electrons. The minimum absolute atomic E-state index is 0.0404. The van der Waals surface area contributed by atoms with E-state index in [0.29, 0.717) is 6.42 Å². The Labute approximate surface area is 144 Å². The van der Waals surface area contributed by atoms with Gasteiger partial charge < -0.3 is 10.3 Å². The number of anilines is 1. The van der Waals surface area contributed by atoms with Crippen molar-refractivity contribution in [3.8, 4) is 5.69 Å². The zero-order valence-corrected chi connectivity index (χ0v) is 13.7. The number of hydrogen-bond donors (Lipinski definition) is 2. The van der Waals surface area contributed by atoms with Gasteiger partial charge in [0.2, 0.25) is 5.91 Å². The second-order valence-corrected chi connectivity index (χ2v) is 5.89. The van der Waals surface area contributed by atoms with E-state index in [1.165, 1.54) is 6.33 Å². The number of carbonyl (C=O) groups is 1. The minimum Gasteiger partial charge on any atom is -0.358 e. The summed E-state index contributed by atoms with van der Waals surface area (Å²) in [6, 6.07) is 15.5. The molecule has 0 radical (unpaired) electrons. The lowest BCUT2D eigenvalue weighted by atomic mass is 10.1. The van der Waals surface area contributed by atoms with E-state index in [9.17, 15) is 4.79 Å². The summed E-state index contributed by atoms with van der Waals surface area (Å²) >= 11 is 0. The molecule has 4 rings (SSSR count). The lowest BCUT2D eigenvalue weighted by Crippen LogP contribution is -2.14. The van der Waals surface area contributed by atoms with Crippen LogP contribution in [0.3, 0.4) is 0 Å². The molecule has 0 fully saturated rings. The van der Waals surface area contributed by atoms with Gasteiger partial charge in [-0.05, 0) is 42.8 Å². The van der Waals surface area contributed by atoms with Crippen molar-refractivity contribution < 1.29 is 4.79 Å². The first kappa shape index (κ1) is 15.1. The first-order valence-corrected chi connectivity index (χ1v) is 8.02. The van der Waals surface area contributed by atoms with Crippen LogP contribution in [0.15, 0.2) is 61.2 Å². The highest BCUT2D eigenvalue weighted by atomic mass is 16.1. The molecular formula is C19H17N5O. The Kier molecular flexibility index (Phi) is 3.78. The van der Waals surface area contributed by atoms with E-state index in [1.54, 1.807) is 11.0 Å². The van der Waals surface area contributed by atoms with Gasteiger partial charge in [0.15, 0.2) is 0 Å². The zero-order chi connectivity index (χ0) is 17.2. The fourth-order valence-corrected chi connectivity index (χ4v) is 2.97. The lowest BCUT2D eigenvalue weighted by molar-refractivity contribution is -0.115. The maximum Gasteiger partial charge on any atom is 0.228 e. The topological polar surface area (TPSA) is 75.6 Å². The smallest absolute Gasteiger partial charge is 0.228 e. The van der Waals surface area contributed by atoms with Crippen LogP contribution in [0.1, 0.15) is 11.3 Å². The SMILES string of the molecule is Cc1[nH]c2ccccc2c1CC(=O)Nc1ccc(-n2cncn2)cc1. The molecule has 1 amide bonds. The monoisotopic (exact) mass is 331 g/mol. The summed E-state index contributed by atoms with van der Waals surface area (Å²) in [5.74, 6) is -0.0404. The standard InChI is InChI=1S/C19H17N5O/c1-13-17(16-4-2-3-5-18(16)22-13)10-19(25)23-14-6-8-15(9-7-14)24-12-20-11-21-24/h2-9,11-12,22H,10H2,1H3,(H,23,25). The van der Waals surface area contributed by atoms with Gasteiger partial charge in [0.1, 0.15) is 12.7 Å². The van der Waals surface area contributed by atoms with E-state index in [1.807, 2.05) is 55.5 Å². The number of para-hydroxylation sites is 1. The van der Waals surface area contributed by atoms with Crippen molar-refractivity contribution in [1.82, 2.24) is 19.7 Å². The van der Waals surface area contributed by atoms with Crippen LogP contribution in [0.5, 0.6) is 0 Å². The molecular weight excluding hydrogens is 314 g/mol. The van der Waals surface area contributed by atoms with Crippen LogP contribution < -0.4 is 5.32 Å². The first-order chi connectivity index (χ1) is 12.2. The largest absolute Gasteiger partial charge is 0.358 e. The molecule has 0 aliphatic heterocycles. The van der Waals surface area contributed by atoms with Gasteiger partial charge in [-0.15, -0.1) is 0 Å². The van der Waals surface area contributed by atoms with Crippen molar-refractivity contribution in [3.05, 3.63) is 72.4 Å². The van der Waals surface area contributed by atoms with Gasteiger partial charge in [-0.2, -0.15) is 5.10 Å². The number of H-pyrrole nitrogens is 1. The van der Waals surface area contributed by atoms with E-state index in [4.69, 9.17) is 0 Å². The van der Waals surface area contributed by atoms with Crippen LogP contribution in [0.4, 0.5) is 5.69 Å². The van der Waals surface area contributed by atoms with Crippen LogP contribution in [-0.4, -0.2) is 25.7 Å². The second kappa shape index (κ2) is 6.24. The average molecular weight is 331 g/mol. The van der Waals surface area contributed by atoms with Crippen molar-refractivity contribution in [1.29, 1.82) is 0 Å². The minimum atomic E-state index is -0.0404. The molecule has 2 aromatic heterocycles. The van der Waals surface area contributed by atoms with E-state index in [-0.39, 0.29) is 5.91 Å². The van der Waals surface area contributed by atoms with Gasteiger partial charge in [0.05, 0.1) is 12.1 Å². The van der Waals surface area contributed by atoms with E-state index in [2.05, 4.69) is 20.4 Å². The van der Waals surface area contributed by atoms with Crippen molar-refractivity contribution in [2.75, 3.05) is 5.32 Å². The fraction of sp³-hybridized carbons (Fsp3) is 0.105. The Hall–Kier alpha value is -3.41. The quantitative estimate of drug-likeness (QED) is 0.603. The molecule has 0 saturated heterocycles. The summed E-state index contributed by atoms with van der Waals surface area (Å²) < 4.78 is 1.67. The molecule has 6 heteroatoms. The summed E-state index contributed by atoms with van der Waals surface area (Å²) in [6.07, 6.45) is 3.45. The number of rotatable bonds is 4. The fourth-order valence-electron chi connectivity index (χ4n) is 2.97. The van der Waals surface area contributed by atoms with E-state index < -0.39 is 0 Å². The summed E-state index contributed by atoms with van der Waals surface area (Å²) in [5, 5.41) is 8.12. The normalized spacial score (nSPS) is 10.9. The van der Waals surface area contributed by atoms with Crippen LogP contribution in [0.25, 0.3) is 16.6 Å². The van der Waals surface area contributed by atoms with Crippen LogP contribution in [0, 0.1) is 6.92 Å². The highest BCUT2D eigenvalue weighted by Crippen LogP contribution is 2.22. The number of carbonyl (C=O) groups excluding carboxylic acids is 1. The number of fused-ring (bicyclic) bond motifs is 1. The number of hydrogen-bond acceptors (Lipinski definition) is 3. The molecule has 0 aliphatic carbocycles. The van der Waals surface area contributed by atoms with Gasteiger partial charge in [-0.25, -0.2) is 9.67 Å². The predicted octanol–water partition coefficient (Wildman–Crippen LogP) is 3.24. The number of benzene rings is 2. The molecule has 0 atom stereocenters. The Bertz CT molecular complexity index is 1020. The van der Waals surface area contributed by atoms with Gasteiger partial charge >= 0.3 is 0 Å². The Morgan fingerprint density at radius 3 is 2.72 bits per heavy atom. The number of nitrogens with one attached hydrogen (secondary N) is 2. The zero-order valence-electron chi connectivity index (χ0n) is 13.7. The molecule has 0 aliphatic rings. The molecule has 6 nitrogen and oxygen atoms in total. The number of aromatic nitrogens is 4. The third-order valence-corrected chi connectivity index (χ3v) is 4.20. The molecule has 2 heterocycles. The highest BCUT2D eigenvalue weighted by Gasteiger charge is 2.12. The van der Waals surface area contributed by atoms with Gasteiger partial charge in [-0.1, -0.05) is 18.2 Å². The molecule has 25 heavy (non-hydrogen) atoms. The highest BCUT2D eigenvalue weighted by molar-refractivity contribution is 5.96. The van der Waals surface area contributed by atoms with Gasteiger partial charge in [0, 0.05) is 22.3 Å². The Morgan fingerprint density at radius 2 is 1.96 bits per heavy atom. The van der Waals surface area contributed by atoms with E-state index in [0.717, 1.165) is 33.5 Å². The number of aryl methyl sites for hydroxylation is 1. The number of nitrogens with zero attached hydrogens (tertiary/aromatic N) is 3. The molecule has 4 aromatic rings. The number of amides is 1. The molecule has 2 aromatic carbocycles. The summed E-state index contributed by atoms with van der Waals surface area (Å²) in [7, 11) is 0. The average Bonchev–Trinajstić information content (AvgIpc) is 3.25. The van der Waals surface area contributed by atoms with Gasteiger partial charge in [-0.3, -0.25) is 4.79 Å². The van der Waals surface area contributed by atoms with Crippen molar-refractivity contribution in [2.45, 2.75) is 13.3 Å². The molecule has 0 unspecified atom stereocenters. The van der Waals surface area contributed by atoms with Crippen molar-refractivity contribution in [2.24, 2.45) is 0 Å². The first-order valence-electron chi connectivity index (χ1n) is 8.02.